The molecule has 19 heavy (non-hydrogen) atoms. The molecule has 0 amide bonds. The summed E-state index contributed by atoms with van der Waals surface area (Å²) in [5.74, 6) is 0. The number of pyridine rings is 1. The summed E-state index contributed by atoms with van der Waals surface area (Å²) in [5.41, 5.74) is 7.12. The third-order valence-corrected chi connectivity index (χ3v) is 3.57. The Bertz CT molecular complexity index is 646. The Morgan fingerprint density at radius 2 is 1.58 bits per heavy atom. The van der Waals surface area contributed by atoms with Crippen molar-refractivity contribution in [1.82, 2.24) is 4.98 Å². The fourth-order valence-electron chi connectivity index (χ4n) is 2.51. The minimum atomic E-state index is -1.49. The average Bonchev–Trinajstić information content (AvgIpc) is 2.43. The maximum atomic E-state index is 10.0. The summed E-state index contributed by atoms with van der Waals surface area (Å²) >= 11 is 0. The van der Waals surface area contributed by atoms with E-state index in [0.717, 1.165) is 0 Å². The second kappa shape index (κ2) is 4.14. The number of nitrogens with two attached hydrogens (primary N) is 1. The molecule has 4 unspecified atom stereocenters. The predicted octanol–water partition coefficient (Wildman–Crippen LogP) is -0.381. The topological polar surface area (TPSA) is 120 Å². The number of aliphatic hydroxyl groups excluding tert-OH is 4. The molecule has 100 valence electrons. The van der Waals surface area contributed by atoms with Crippen molar-refractivity contribution in [2.45, 2.75) is 24.4 Å². The lowest BCUT2D eigenvalue weighted by molar-refractivity contribution is -0.121. The van der Waals surface area contributed by atoms with Gasteiger partial charge in [-0.05, 0) is 6.07 Å². The van der Waals surface area contributed by atoms with Gasteiger partial charge in [-0.3, -0.25) is 0 Å². The standard InChI is InChI=1S/C13H14N2O4/c14-8-5-3-1-2-4-6(5)15-9-7(8)10(16)12(18)13(19)11(9)17/h1-4,10-13,16-19H,(H2,14,15). The van der Waals surface area contributed by atoms with E-state index < -0.39 is 24.4 Å². The minimum absolute atomic E-state index is 0.113. The van der Waals surface area contributed by atoms with Crippen LogP contribution in [0.3, 0.4) is 0 Å². The number of nitrogens with zero attached hydrogens (tertiary/aromatic N) is 1. The van der Waals surface area contributed by atoms with Crippen LogP contribution in [0.4, 0.5) is 5.69 Å². The Morgan fingerprint density at radius 3 is 2.32 bits per heavy atom. The van der Waals surface area contributed by atoms with E-state index in [0.29, 0.717) is 10.9 Å². The van der Waals surface area contributed by atoms with Gasteiger partial charge in [-0.15, -0.1) is 0 Å². The molecular weight excluding hydrogens is 248 g/mol. The van der Waals surface area contributed by atoms with Crippen molar-refractivity contribution >= 4 is 16.6 Å². The molecule has 0 bridgehead atoms. The van der Waals surface area contributed by atoms with Gasteiger partial charge in [-0.25, -0.2) is 4.98 Å². The highest BCUT2D eigenvalue weighted by Gasteiger charge is 2.42. The van der Waals surface area contributed by atoms with Gasteiger partial charge in [0.15, 0.2) is 0 Å². The summed E-state index contributed by atoms with van der Waals surface area (Å²) in [6.07, 6.45) is -5.73. The van der Waals surface area contributed by atoms with E-state index in [1.165, 1.54) is 0 Å². The number of hydrogen-bond acceptors (Lipinski definition) is 6. The molecule has 6 N–H and O–H groups in total. The third-order valence-electron chi connectivity index (χ3n) is 3.57. The van der Waals surface area contributed by atoms with Gasteiger partial charge < -0.3 is 26.2 Å². The van der Waals surface area contributed by atoms with E-state index in [1.807, 2.05) is 0 Å². The van der Waals surface area contributed by atoms with Crippen LogP contribution in [-0.4, -0.2) is 37.6 Å². The highest BCUT2D eigenvalue weighted by molar-refractivity contribution is 5.92. The van der Waals surface area contributed by atoms with E-state index in [2.05, 4.69) is 4.98 Å². The Morgan fingerprint density at radius 1 is 0.947 bits per heavy atom. The van der Waals surface area contributed by atoms with Gasteiger partial charge in [0.1, 0.15) is 24.4 Å². The van der Waals surface area contributed by atoms with Crippen LogP contribution < -0.4 is 5.73 Å². The number of benzene rings is 1. The summed E-state index contributed by atoms with van der Waals surface area (Å²) in [6.45, 7) is 0. The van der Waals surface area contributed by atoms with E-state index in [4.69, 9.17) is 5.73 Å². The molecule has 1 aliphatic carbocycles. The van der Waals surface area contributed by atoms with Gasteiger partial charge in [0.05, 0.1) is 11.2 Å². The van der Waals surface area contributed by atoms with Gasteiger partial charge in [0, 0.05) is 16.6 Å². The first kappa shape index (κ1) is 12.3. The molecule has 6 nitrogen and oxygen atoms in total. The van der Waals surface area contributed by atoms with E-state index in [9.17, 15) is 20.4 Å². The first-order valence-electron chi connectivity index (χ1n) is 5.92. The molecule has 0 saturated carbocycles. The van der Waals surface area contributed by atoms with Crippen molar-refractivity contribution in [3.63, 3.8) is 0 Å². The minimum Gasteiger partial charge on any atom is -0.398 e. The van der Waals surface area contributed by atoms with Crippen LogP contribution in [-0.2, 0) is 0 Å². The van der Waals surface area contributed by atoms with E-state index in [1.54, 1.807) is 24.3 Å². The second-order valence-electron chi connectivity index (χ2n) is 4.71. The molecule has 1 aromatic carbocycles. The molecule has 6 heteroatoms. The normalized spacial score (nSPS) is 30.3. The molecule has 1 aromatic heterocycles. The van der Waals surface area contributed by atoms with Crippen LogP contribution in [0.25, 0.3) is 10.9 Å². The van der Waals surface area contributed by atoms with Crippen molar-refractivity contribution < 1.29 is 20.4 Å². The quantitative estimate of drug-likeness (QED) is 0.441. The van der Waals surface area contributed by atoms with Crippen molar-refractivity contribution in [1.29, 1.82) is 0 Å². The summed E-state index contributed by atoms with van der Waals surface area (Å²) in [7, 11) is 0. The average molecular weight is 262 g/mol. The number of aromatic nitrogens is 1. The lowest BCUT2D eigenvalue weighted by Crippen LogP contribution is -2.42. The molecule has 1 aliphatic rings. The SMILES string of the molecule is Nc1c2c(nc3ccccc13)C(O)C(O)C(O)C2O. The number of anilines is 1. The molecule has 0 saturated heterocycles. The van der Waals surface area contributed by atoms with Gasteiger partial charge in [-0.2, -0.15) is 0 Å². The van der Waals surface area contributed by atoms with Gasteiger partial charge in [0.25, 0.3) is 0 Å². The first-order chi connectivity index (χ1) is 9.02. The van der Waals surface area contributed by atoms with Gasteiger partial charge >= 0.3 is 0 Å². The third kappa shape index (κ3) is 1.62. The zero-order valence-corrected chi connectivity index (χ0v) is 9.93. The van der Waals surface area contributed by atoms with Crippen LogP contribution in [0.15, 0.2) is 24.3 Å². The summed E-state index contributed by atoms with van der Waals surface area (Å²) in [6, 6.07) is 7.03. The number of rotatable bonds is 0. The van der Waals surface area contributed by atoms with Crippen molar-refractivity contribution in [2.75, 3.05) is 5.73 Å². The van der Waals surface area contributed by atoms with E-state index >= 15 is 0 Å². The number of hydrogen-bond donors (Lipinski definition) is 5. The Labute approximate surface area is 108 Å². The van der Waals surface area contributed by atoms with Gasteiger partial charge in [-0.1, -0.05) is 18.2 Å². The molecule has 3 rings (SSSR count). The summed E-state index contributed by atoms with van der Waals surface area (Å²) in [4.78, 5) is 4.23. The van der Waals surface area contributed by atoms with Crippen LogP contribution in [0, 0.1) is 0 Å². The van der Waals surface area contributed by atoms with Crippen molar-refractivity contribution in [3.8, 4) is 0 Å². The number of nitrogen functional groups attached to an aromatic ring is 1. The zero-order valence-electron chi connectivity index (χ0n) is 9.93. The Hall–Kier alpha value is -1.73. The highest BCUT2D eigenvalue weighted by Crippen LogP contribution is 2.41. The van der Waals surface area contributed by atoms with Crippen molar-refractivity contribution in [2.24, 2.45) is 0 Å². The number of para-hydroxylation sites is 1. The molecule has 2 aromatic rings. The summed E-state index contributed by atoms with van der Waals surface area (Å²) in [5, 5.41) is 40.0. The molecule has 0 aliphatic heterocycles. The molecule has 0 spiro atoms. The number of fused-ring (bicyclic) bond motifs is 2. The number of aliphatic hydroxyl groups is 4. The first-order valence-corrected chi connectivity index (χ1v) is 5.92. The Balaban J connectivity index is 2.35. The fourth-order valence-corrected chi connectivity index (χ4v) is 2.51. The maximum absolute atomic E-state index is 10.0. The Kier molecular flexibility index (Phi) is 2.68. The predicted molar refractivity (Wildman–Crippen MR) is 68.1 cm³/mol. The fraction of sp³-hybridized carbons (Fsp3) is 0.308. The van der Waals surface area contributed by atoms with Crippen LogP contribution in [0.5, 0.6) is 0 Å². The largest absolute Gasteiger partial charge is 0.398 e. The van der Waals surface area contributed by atoms with Crippen LogP contribution in [0.1, 0.15) is 23.5 Å². The molecular formula is C13H14N2O4. The van der Waals surface area contributed by atoms with Crippen LogP contribution in [0.2, 0.25) is 0 Å². The highest BCUT2D eigenvalue weighted by atomic mass is 16.4. The van der Waals surface area contributed by atoms with Crippen molar-refractivity contribution in [3.05, 3.63) is 35.5 Å². The lowest BCUT2D eigenvalue weighted by atomic mass is 9.84. The molecule has 4 atom stereocenters. The molecule has 1 heterocycles. The maximum Gasteiger partial charge on any atom is 0.125 e. The second-order valence-corrected chi connectivity index (χ2v) is 4.71. The molecule has 0 radical (unpaired) electrons. The van der Waals surface area contributed by atoms with Crippen LogP contribution >= 0.6 is 0 Å². The zero-order chi connectivity index (χ0) is 13.7. The monoisotopic (exact) mass is 262 g/mol. The molecule has 0 fully saturated rings. The van der Waals surface area contributed by atoms with Gasteiger partial charge in [0.2, 0.25) is 0 Å². The lowest BCUT2D eigenvalue weighted by Gasteiger charge is -2.34. The summed E-state index contributed by atoms with van der Waals surface area (Å²) < 4.78 is 0. The van der Waals surface area contributed by atoms with E-state index in [-0.39, 0.29) is 16.9 Å². The smallest absolute Gasteiger partial charge is 0.125 e.